The van der Waals surface area contributed by atoms with Crippen molar-refractivity contribution in [1.82, 2.24) is 4.90 Å². The summed E-state index contributed by atoms with van der Waals surface area (Å²) in [5.41, 5.74) is 0. The molecule has 0 radical (unpaired) electrons. The zero-order valence-electron chi connectivity index (χ0n) is 7.25. The predicted molar refractivity (Wildman–Crippen MR) is 45.6 cm³/mol. The van der Waals surface area contributed by atoms with Crippen molar-refractivity contribution in [2.45, 2.75) is 38.6 Å². The summed E-state index contributed by atoms with van der Waals surface area (Å²) >= 11 is 0. The average Bonchev–Trinajstić information content (AvgIpc) is 2.52. The van der Waals surface area contributed by atoms with E-state index in [1.54, 1.807) is 0 Å². The number of rotatable bonds is 4. The highest BCUT2D eigenvalue weighted by molar-refractivity contribution is 5.52. The van der Waals surface area contributed by atoms with Gasteiger partial charge in [0, 0.05) is 6.04 Å². The van der Waals surface area contributed by atoms with E-state index in [9.17, 15) is 4.79 Å². The zero-order valence-corrected chi connectivity index (χ0v) is 7.25. The number of carbonyl (C=O) groups excluding carboxylic acids is 1. The monoisotopic (exact) mass is 155 g/mol. The predicted octanol–water partition coefficient (Wildman–Crippen LogP) is 1.45. The maximum absolute atomic E-state index is 10.3. The summed E-state index contributed by atoms with van der Waals surface area (Å²) in [7, 11) is 0. The minimum Gasteiger partial charge on any atom is -0.302 e. The van der Waals surface area contributed by atoms with Gasteiger partial charge in [-0.3, -0.25) is 4.90 Å². The second kappa shape index (κ2) is 4.50. The molecule has 64 valence electrons. The summed E-state index contributed by atoms with van der Waals surface area (Å²) < 4.78 is 0. The van der Waals surface area contributed by atoms with E-state index in [-0.39, 0.29) is 0 Å². The lowest BCUT2D eigenvalue weighted by atomic mass is 10.2. The van der Waals surface area contributed by atoms with Gasteiger partial charge < -0.3 is 4.79 Å². The van der Waals surface area contributed by atoms with Crippen molar-refractivity contribution in [1.29, 1.82) is 0 Å². The Morgan fingerprint density at radius 1 is 1.45 bits per heavy atom. The maximum atomic E-state index is 10.3. The summed E-state index contributed by atoms with van der Waals surface area (Å²) in [5, 5.41) is 0. The van der Waals surface area contributed by atoms with E-state index >= 15 is 0 Å². The Morgan fingerprint density at radius 3 is 2.55 bits per heavy atom. The van der Waals surface area contributed by atoms with Gasteiger partial charge in [0.1, 0.15) is 6.29 Å². The molecule has 0 aromatic heterocycles. The van der Waals surface area contributed by atoms with Crippen LogP contribution >= 0.6 is 0 Å². The van der Waals surface area contributed by atoms with E-state index in [1.165, 1.54) is 25.7 Å². The molecule has 1 aliphatic carbocycles. The van der Waals surface area contributed by atoms with Crippen LogP contribution in [0.1, 0.15) is 32.6 Å². The van der Waals surface area contributed by atoms with Gasteiger partial charge in [0.05, 0.1) is 6.54 Å². The van der Waals surface area contributed by atoms with Crippen molar-refractivity contribution >= 4 is 6.29 Å². The normalized spacial score (nSPS) is 19.5. The molecule has 11 heavy (non-hydrogen) atoms. The van der Waals surface area contributed by atoms with Gasteiger partial charge in [-0.05, 0) is 19.4 Å². The van der Waals surface area contributed by atoms with Gasteiger partial charge in [-0.1, -0.05) is 19.8 Å². The molecule has 2 nitrogen and oxygen atoms in total. The minimum absolute atomic E-state index is 0.626. The molecule has 0 bridgehead atoms. The fraction of sp³-hybridized carbons (Fsp3) is 0.889. The smallest absolute Gasteiger partial charge is 0.133 e. The second-order valence-corrected chi connectivity index (χ2v) is 3.19. The molecular weight excluding hydrogens is 138 g/mol. The van der Waals surface area contributed by atoms with Crippen LogP contribution in [-0.2, 0) is 4.79 Å². The standard InChI is InChI=1S/C9H17NO/c1-2-10(7-8-11)9-5-3-4-6-9/h8-9H,2-7H2,1H3. The lowest BCUT2D eigenvalue weighted by Crippen LogP contribution is -2.34. The van der Waals surface area contributed by atoms with Crippen LogP contribution in [0.2, 0.25) is 0 Å². The van der Waals surface area contributed by atoms with Crippen LogP contribution in [0.3, 0.4) is 0 Å². The number of aldehydes is 1. The number of nitrogens with zero attached hydrogens (tertiary/aromatic N) is 1. The third-order valence-electron chi connectivity index (χ3n) is 2.56. The molecule has 0 spiro atoms. The summed E-state index contributed by atoms with van der Waals surface area (Å²) in [6.45, 7) is 3.77. The quantitative estimate of drug-likeness (QED) is 0.573. The van der Waals surface area contributed by atoms with Crippen LogP contribution in [0.4, 0.5) is 0 Å². The van der Waals surface area contributed by atoms with E-state index in [0.29, 0.717) is 12.6 Å². The van der Waals surface area contributed by atoms with Crippen molar-refractivity contribution in [2.24, 2.45) is 0 Å². The van der Waals surface area contributed by atoms with Crippen molar-refractivity contribution < 1.29 is 4.79 Å². The minimum atomic E-state index is 0.626. The molecule has 0 aliphatic heterocycles. The molecule has 0 aromatic carbocycles. The van der Waals surface area contributed by atoms with Crippen molar-refractivity contribution in [2.75, 3.05) is 13.1 Å². The number of likely N-dealkylation sites (N-methyl/N-ethyl adjacent to an activating group) is 1. The van der Waals surface area contributed by atoms with Gasteiger partial charge in [0.15, 0.2) is 0 Å². The molecule has 2 heteroatoms. The molecule has 0 N–H and O–H groups in total. The third-order valence-corrected chi connectivity index (χ3v) is 2.56. The average molecular weight is 155 g/mol. The van der Waals surface area contributed by atoms with Crippen LogP contribution in [0.25, 0.3) is 0 Å². The zero-order chi connectivity index (χ0) is 8.10. The van der Waals surface area contributed by atoms with Crippen molar-refractivity contribution in [3.05, 3.63) is 0 Å². The topological polar surface area (TPSA) is 20.3 Å². The third kappa shape index (κ3) is 2.29. The summed E-state index contributed by atoms with van der Waals surface area (Å²) in [5.74, 6) is 0. The van der Waals surface area contributed by atoms with Gasteiger partial charge in [-0.15, -0.1) is 0 Å². The Kier molecular flexibility index (Phi) is 3.57. The van der Waals surface area contributed by atoms with Gasteiger partial charge >= 0.3 is 0 Å². The fourth-order valence-electron chi connectivity index (χ4n) is 1.90. The first-order valence-corrected chi connectivity index (χ1v) is 4.56. The highest BCUT2D eigenvalue weighted by Crippen LogP contribution is 2.22. The molecule has 0 atom stereocenters. The molecule has 1 fully saturated rings. The molecular formula is C9H17NO. The van der Waals surface area contributed by atoms with Gasteiger partial charge in [-0.25, -0.2) is 0 Å². The first kappa shape index (κ1) is 8.72. The Balaban J connectivity index is 2.33. The summed E-state index contributed by atoms with van der Waals surface area (Å²) in [4.78, 5) is 12.6. The fourth-order valence-corrected chi connectivity index (χ4v) is 1.90. The number of hydrogen-bond acceptors (Lipinski definition) is 2. The maximum Gasteiger partial charge on any atom is 0.133 e. The Labute approximate surface area is 68.6 Å². The second-order valence-electron chi connectivity index (χ2n) is 3.19. The molecule has 1 aliphatic rings. The first-order chi connectivity index (χ1) is 5.38. The summed E-state index contributed by atoms with van der Waals surface area (Å²) in [6, 6.07) is 0.699. The van der Waals surface area contributed by atoms with E-state index in [2.05, 4.69) is 11.8 Å². The number of hydrogen-bond donors (Lipinski definition) is 0. The molecule has 0 saturated heterocycles. The van der Waals surface area contributed by atoms with E-state index in [1.807, 2.05) is 0 Å². The van der Waals surface area contributed by atoms with Crippen LogP contribution in [-0.4, -0.2) is 30.3 Å². The van der Waals surface area contributed by atoms with Crippen molar-refractivity contribution in [3.8, 4) is 0 Å². The highest BCUT2D eigenvalue weighted by atomic mass is 16.1. The Morgan fingerprint density at radius 2 is 2.09 bits per heavy atom. The molecule has 1 rings (SSSR count). The van der Waals surface area contributed by atoms with E-state index in [4.69, 9.17) is 0 Å². The van der Waals surface area contributed by atoms with Crippen LogP contribution < -0.4 is 0 Å². The van der Waals surface area contributed by atoms with Crippen LogP contribution in [0.15, 0.2) is 0 Å². The number of carbonyl (C=O) groups is 1. The SMILES string of the molecule is CCN(CC=O)C1CCCC1. The lowest BCUT2D eigenvalue weighted by Gasteiger charge is -2.24. The first-order valence-electron chi connectivity index (χ1n) is 4.56. The van der Waals surface area contributed by atoms with E-state index in [0.717, 1.165) is 12.8 Å². The molecule has 1 saturated carbocycles. The lowest BCUT2D eigenvalue weighted by molar-refractivity contribution is -0.109. The molecule has 0 aromatic rings. The highest BCUT2D eigenvalue weighted by Gasteiger charge is 2.20. The molecule has 0 unspecified atom stereocenters. The van der Waals surface area contributed by atoms with Gasteiger partial charge in [-0.2, -0.15) is 0 Å². The van der Waals surface area contributed by atoms with Crippen LogP contribution in [0, 0.1) is 0 Å². The van der Waals surface area contributed by atoms with Crippen LogP contribution in [0.5, 0.6) is 0 Å². The van der Waals surface area contributed by atoms with Crippen molar-refractivity contribution in [3.63, 3.8) is 0 Å². The summed E-state index contributed by atoms with van der Waals surface area (Å²) in [6.07, 6.45) is 6.30. The molecule has 0 heterocycles. The Hall–Kier alpha value is -0.370. The molecule has 0 amide bonds. The largest absolute Gasteiger partial charge is 0.302 e. The van der Waals surface area contributed by atoms with Gasteiger partial charge in [0.25, 0.3) is 0 Å². The van der Waals surface area contributed by atoms with Gasteiger partial charge in [0.2, 0.25) is 0 Å². The Bertz CT molecular complexity index is 119. The van der Waals surface area contributed by atoms with E-state index < -0.39 is 0 Å².